The monoisotopic (exact) mass is 240 g/mol. The van der Waals surface area contributed by atoms with Gasteiger partial charge in [0.25, 0.3) is 0 Å². The Balaban J connectivity index is 1.81. The predicted octanol–water partition coefficient (Wildman–Crippen LogP) is 2.18. The number of ether oxygens (including phenoxy) is 3. The summed E-state index contributed by atoms with van der Waals surface area (Å²) in [5.41, 5.74) is 0.454. The highest BCUT2D eigenvalue weighted by atomic mass is 16.7. The normalized spacial score (nSPS) is 24.5. The fraction of sp³-hybridized carbons (Fsp3) is 0.769. The first kappa shape index (κ1) is 12.6. The summed E-state index contributed by atoms with van der Waals surface area (Å²) in [4.78, 5) is 11.4. The molecule has 0 atom stereocenters. The van der Waals surface area contributed by atoms with E-state index < -0.39 is 5.79 Å². The van der Waals surface area contributed by atoms with E-state index in [0.717, 1.165) is 45.3 Å². The van der Waals surface area contributed by atoms with E-state index in [1.165, 1.54) is 0 Å². The van der Waals surface area contributed by atoms with Crippen molar-refractivity contribution in [1.82, 2.24) is 0 Å². The number of hydrogen-bond donors (Lipinski definition) is 0. The average Bonchev–Trinajstić information content (AvgIpc) is 2.33. The third-order valence-corrected chi connectivity index (χ3v) is 3.34. The molecule has 0 unspecified atom stereocenters. The predicted molar refractivity (Wildman–Crippen MR) is 62.4 cm³/mol. The van der Waals surface area contributed by atoms with Crippen molar-refractivity contribution < 1.29 is 19.0 Å². The van der Waals surface area contributed by atoms with E-state index in [-0.39, 0.29) is 12.1 Å². The first-order chi connectivity index (χ1) is 8.11. The van der Waals surface area contributed by atoms with Crippen LogP contribution in [-0.4, -0.2) is 31.1 Å². The third-order valence-electron chi connectivity index (χ3n) is 3.34. The number of hydrogen-bond acceptors (Lipinski definition) is 4. The van der Waals surface area contributed by atoms with Crippen LogP contribution >= 0.6 is 0 Å². The van der Waals surface area contributed by atoms with Gasteiger partial charge in [-0.15, -0.1) is 0 Å². The van der Waals surface area contributed by atoms with Crippen molar-refractivity contribution in [3.05, 3.63) is 12.2 Å². The van der Waals surface area contributed by atoms with Gasteiger partial charge in [-0.25, -0.2) is 4.79 Å². The van der Waals surface area contributed by atoms with Crippen LogP contribution in [0.2, 0.25) is 0 Å². The molecule has 0 bridgehead atoms. The van der Waals surface area contributed by atoms with Crippen molar-refractivity contribution in [3.8, 4) is 0 Å². The van der Waals surface area contributed by atoms with Crippen molar-refractivity contribution in [3.63, 3.8) is 0 Å². The number of carbonyl (C=O) groups is 1. The molecule has 1 heterocycles. The quantitative estimate of drug-likeness (QED) is 0.548. The Morgan fingerprint density at radius 3 is 2.41 bits per heavy atom. The Labute approximate surface area is 102 Å². The van der Waals surface area contributed by atoms with Gasteiger partial charge < -0.3 is 14.2 Å². The fourth-order valence-electron chi connectivity index (χ4n) is 2.31. The summed E-state index contributed by atoms with van der Waals surface area (Å²) in [7, 11) is 0. The largest absolute Gasteiger partial charge is 0.459 e. The van der Waals surface area contributed by atoms with Gasteiger partial charge in [0.2, 0.25) is 0 Å². The molecule has 0 radical (unpaired) electrons. The lowest BCUT2D eigenvalue weighted by atomic mass is 9.91. The molecular formula is C13H20O4. The summed E-state index contributed by atoms with van der Waals surface area (Å²) in [5, 5.41) is 0. The van der Waals surface area contributed by atoms with Gasteiger partial charge in [-0.2, -0.15) is 0 Å². The van der Waals surface area contributed by atoms with Crippen LogP contribution in [0.3, 0.4) is 0 Å². The number of esters is 1. The summed E-state index contributed by atoms with van der Waals surface area (Å²) < 4.78 is 16.8. The van der Waals surface area contributed by atoms with Gasteiger partial charge >= 0.3 is 5.97 Å². The molecule has 17 heavy (non-hydrogen) atoms. The lowest BCUT2D eigenvalue weighted by molar-refractivity contribution is -0.285. The molecular weight excluding hydrogens is 220 g/mol. The summed E-state index contributed by atoms with van der Waals surface area (Å²) in [6.07, 6.45) is 4.18. The Morgan fingerprint density at radius 2 is 1.88 bits per heavy atom. The molecule has 4 nitrogen and oxygen atoms in total. The van der Waals surface area contributed by atoms with Gasteiger partial charge in [-0.3, -0.25) is 0 Å². The summed E-state index contributed by atoms with van der Waals surface area (Å²) in [6, 6.07) is 0. The molecule has 1 saturated heterocycles. The minimum Gasteiger partial charge on any atom is -0.459 e. The smallest absolute Gasteiger partial charge is 0.333 e. The Hall–Kier alpha value is -0.870. The van der Waals surface area contributed by atoms with Crippen LogP contribution in [0, 0.1) is 0 Å². The Bertz CT molecular complexity index is 295. The van der Waals surface area contributed by atoms with Crippen LogP contribution in [0.4, 0.5) is 0 Å². The molecule has 0 N–H and O–H groups in total. The maximum absolute atomic E-state index is 11.4. The second-order valence-electron chi connectivity index (χ2n) is 4.85. The molecule has 96 valence electrons. The van der Waals surface area contributed by atoms with E-state index in [4.69, 9.17) is 14.2 Å². The highest BCUT2D eigenvalue weighted by molar-refractivity contribution is 5.87. The van der Waals surface area contributed by atoms with Gasteiger partial charge in [-0.05, 0) is 26.2 Å². The minimum absolute atomic E-state index is 0.0149. The molecule has 1 saturated carbocycles. The molecule has 0 aromatic rings. The van der Waals surface area contributed by atoms with Gasteiger partial charge in [0.15, 0.2) is 5.79 Å². The first-order valence-electron chi connectivity index (χ1n) is 6.26. The maximum Gasteiger partial charge on any atom is 0.333 e. The van der Waals surface area contributed by atoms with Crippen LogP contribution in [0.25, 0.3) is 0 Å². The van der Waals surface area contributed by atoms with E-state index in [2.05, 4.69) is 6.58 Å². The molecule has 2 aliphatic rings. The van der Waals surface area contributed by atoms with Crippen LogP contribution in [0.5, 0.6) is 0 Å². The van der Waals surface area contributed by atoms with Gasteiger partial charge in [-0.1, -0.05) is 6.58 Å². The standard InChI is InChI=1S/C13H20O4/c1-10(2)12(14)17-11-4-6-13(7-5-11)15-8-3-9-16-13/h11H,1,3-9H2,2H3. The van der Waals surface area contributed by atoms with Crippen molar-refractivity contribution in [2.75, 3.05) is 13.2 Å². The van der Waals surface area contributed by atoms with E-state index in [1.807, 2.05) is 0 Å². The molecule has 2 rings (SSSR count). The van der Waals surface area contributed by atoms with Crippen molar-refractivity contribution >= 4 is 5.97 Å². The van der Waals surface area contributed by atoms with Crippen LogP contribution in [-0.2, 0) is 19.0 Å². The van der Waals surface area contributed by atoms with Gasteiger partial charge in [0.1, 0.15) is 6.10 Å². The third kappa shape index (κ3) is 3.07. The zero-order valence-corrected chi connectivity index (χ0v) is 10.4. The maximum atomic E-state index is 11.4. The van der Waals surface area contributed by atoms with Gasteiger partial charge in [0.05, 0.1) is 13.2 Å². The summed E-state index contributed by atoms with van der Waals surface area (Å²) in [6.45, 7) is 6.79. The molecule has 1 aliphatic carbocycles. The van der Waals surface area contributed by atoms with E-state index in [1.54, 1.807) is 6.92 Å². The van der Waals surface area contributed by atoms with Crippen LogP contribution in [0.15, 0.2) is 12.2 Å². The second-order valence-corrected chi connectivity index (χ2v) is 4.85. The minimum atomic E-state index is -0.398. The highest BCUT2D eigenvalue weighted by Crippen LogP contribution is 2.36. The molecule has 0 aromatic heterocycles. The SMILES string of the molecule is C=C(C)C(=O)OC1CCC2(CC1)OCCCO2. The number of rotatable bonds is 2. The fourth-order valence-corrected chi connectivity index (χ4v) is 2.31. The summed E-state index contributed by atoms with van der Waals surface area (Å²) in [5.74, 6) is -0.693. The lowest BCUT2D eigenvalue weighted by Gasteiger charge is -2.41. The van der Waals surface area contributed by atoms with Crippen molar-refractivity contribution in [2.24, 2.45) is 0 Å². The van der Waals surface area contributed by atoms with Crippen LogP contribution in [0.1, 0.15) is 39.0 Å². The van der Waals surface area contributed by atoms with Gasteiger partial charge in [0, 0.05) is 18.4 Å². The van der Waals surface area contributed by atoms with E-state index in [0.29, 0.717) is 5.57 Å². The van der Waals surface area contributed by atoms with Crippen LogP contribution < -0.4 is 0 Å². The van der Waals surface area contributed by atoms with E-state index >= 15 is 0 Å². The lowest BCUT2D eigenvalue weighted by Crippen LogP contribution is -2.45. The Kier molecular flexibility index (Phi) is 3.84. The highest BCUT2D eigenvalue weighted by Gasteiger charge is 2.39. The topological polar surface area (TPSA) is 44.8 Å². The van der Waals surface area contributed by atoms with Crippen molar-refractivity contribution in [2.45, 2.75) is 50.9 Å². The molecule has 1 aliphatic heterocycles. The zero-order chi connectivity index (χ0) is 12.3. The van der Waals surface area contributed by atoms with E-state index in [9.17, 15) is 4.79 Å². The molecule has 0 amide bonds. The zero-order valence-electron chi connectivity index (χ0n) is 10.4. The average molecular weight is 240 g/mol. The Morgan fingerprint density at radius 1 is 1.29 bits per heavy atom. The summed E-state index contributed by atoms with van der Waals surface area (Å²) >= 11 is 0. The van der Waals surface area contributed by atoms with Crippen molar-refractivity contribution in [1.29, 1.82) is 0 Å². The molecule has 4 heteroatoms. The molecule has 0 aromatic carbocycles. The first-order valence-corrected chi connectivity index (χ1v) is 6.26. The second kappa shape index (κ2) is 5.19. The molecule has 2 fully saturated rings. The molecule has 1 spiro atoms. The number of carbonyl (C=O) groups excluding carboxylic acids is 1.